The van der Waals surface area contributed by atoms with Crippen LogP contribution in [0.4, 0.5) is 0 Å². The third kappa shape index (κ3) is 3.06. The van der Waals surface area contributed by atoms with Crippen LogP contribution in [0.3, 0.4) is 0 Å². The molecule has 152 valence electrons. The summed E-state index contributed by atoms with van der Waals surface area (Å²) in [4.78, 5) is 27.1. The summed E-state index contributed by atoms with van der Waals surface area (Å²) in [6.45, 7) is 0.966. The first-order valence-electron chi connectivity index (χ1n) is 9.45. The molecule has 2 aliphatic heterocycles. The Morgan fingerprint density at radius 3 is 2.21 bits per heavy atom. The fraction of sp³-hybridized carbons (Fsp3) is 0.364. The quantitative estimate of drug-likeness (QED) is 0.739. The van der Waals surface area contributed by atoms with E-state index in [-0.39, 0.29) is 11.9 Å². The van der Waals surface area contributed by atoms with Gasteiger partial charge in [0.2, 0.25) is 5.75 Å². The highest BCUT2D eigenvalue weighted by Crippen LogP contribution is 2.44. The maximum atomic E-state index is 13.1. The standard InChI is InChI=1S/C22H23NO6/c1-26-17-12-14(13-18(27-2)19(17)28-3)20(24)23-10-8-22(9-11-23)16-7-5-4-6-15(16)21(25)29-22/h4-7,12-13H,8-11H2,1-3H3. The molecule has 29 heavy (non-hydrogen) atoms. The van der Waals surface area contributed by atoms with Gasteiger partial charge >= 0.3 is 5.97 Å². The fourth-order valence-electron chi connectivity index (χ4n) is 4.18. The molecule has 2 aromatic carbocycles. The van der Waals surface area contributed by atoms with Gasteiger partial charge in [0, 0.05) is 37.1 Å². The van der Waals surface area contributed by atoms with Crippen molar-refractivity contribution in [1.82, 2.24) is 4.90 Å². The Bertz CT molecular complexity index is 937. The smallest absolute Gasteiger partial charge is 0.339 e. The molecule has 0 bridgehead atoms. The van der Waals surface area contributed by atoms with Crippen molar-refractivity contribution in [3.63, 3.8) is 0 Å². The maximum Gasteiger partial charge on any atom is 0.339 e. The van der Waals surface area contributed by atoms with Gasteiger partial charge in [-0.2, -0.15) is 0 Å². The number of likely N-dealkylation sites (tertiary alicyclic amines) is 1. The third-order valence-corrected chi connectivity index (χ3v) is 5.70. The lowest BCUT2D eigenvalue weighted by atomic mass is 9.83. The SMILES string of the molecule is COc1cc(C(=O)N2CCC3(CC2)OC(=O)c2ccccc23)cc(OC)c1OC. The molecule has 1 spiro atoms. The van der Waals surface area contributed by atoms with Crippen LogP contribution in [0.15, 0.2) is 36.4 Å². The van der Waals surface area contributed by atoms with Crippen LogP contribution >= 0.6 is 0 Å². The van der Waals surface area contributed by atoms with Crippen molar-refractivity contribution in [2.24, 2.45) is 0 Å². The highest BCUT2D eigenvalue weighted by atomic mass is 16.6. The van der Waals surface area contributed by atoms with Gasteiger partial charge in [0.25, 0.3) is 5.91 Å². The Labute approximate surface area is 169 Å². The van der Waals surface area contributed by atoms with Crippen LogP contribution in [0.5, 0.6) is 17.2 Å². The molecule has 0 N–H and O–H groups in total. The summed E-state index contributed by atoms with van der Waals surface area (Å²) in [6.07, 6.45) is 1.12. The Hall–Kier alpha value is -3.22. The lowest BCUT2D eigenvalue weighted by molar-refractivity contribution is -0.0389. The van der Waals surface area contributed by atoms with Gasteiger partial charge in [-0.25, -0.2) is 4.79 Å². The van der Waals surface area contributed by atoms with Gasteiger partial charge < -0.3 is 23.8 Å². The second-order valence-electron chi connectivity index (χ2n) is 7.14. The predicted molar refractivity (Wildman–Crippen MR) is 105 cm³/mol. The molecule has 0 radical (unpaired) electrons. The minimum Gasteiger partial charge on any atom is -0.493 e. The number of esters is 1. The molecule has 0 atom stereocenters. The van der Waals surface area contributed by atoms with Crippen molar-refractivity contribution in [3.8, 4) is 17.2 Å². The molecule has 1 amide bonds. The number of hydrogen-bond acceptors (Lipinski definition) is 6. The number of piperidine rings is 1. The van der Waals surface area contributed by atoms with E-state index in [0.29, 0.717) is 54.3 Å². The topological polar surface area (TPSA) is 74.3 Å². The van der Waals surface area contributed by atoms with Crippen LogP contribution in [0.25, 0.3) is 0 Å². The normalized spacial score (nSPS) is 16.9. The number of rotatable bonds is 4. The van der Waals surface area contributed by atoms with Crippen molar-refractivity contribution >= 4 is 11.9 Å². The minimum atomic E-state index is -0.639. The first kappa shape index (κ1) is 19.1. The van der Waals surface area contributed by atoms with Crippen molar-refractivity contribution in [1.29, 1.82) is 0 Å². The van der Waals surface area contributed by atoms with Crippen LogP contribution in [-0.2, 0) is 10.3 Å². The summed E-state index contributed by atoms with van der Waals surface area (Å²) in [5, 5.41) is 0. The number of amides is 1. The van der Waals surface area contributed by atoms with E-state index in [9.17, 15) is 9.59 Å². The van der Waals surface area contributed by atoms with E-state index in [1.807, 2.05) is 18.2 Å². The highest BCUT2D eigenvalue weighted by Gasteiger charge is 2.47. The van der Waals surface area contributed by atoms with Crippen molar-refractivity contribution < 1.29 is 28.5 Å². The molecular formula is C22H23NO6. The molecular weight excluding hydrogens is 374 g/mol. The van der Waals surface area contributed by atoms with Gasteiger partial charge in [0.05, 0.1) is 26.9 Å². The van der Waals surface area contributed by atoms with E-state index in [2.05, 4.69) is 0 Å². The first-order chi connectivity index (χ1) is 14.0. The molecule has 0 aliphatic carbocycles. The number of carbonyl (C=O) groups excluding carboxylic acids is 2. The summed E-state index contributed by atoms with van der Waals surface area (Å²) in [5.74, 6) is 0.894. The van der Waals surface area contributed by atoms with E-state index in [1.165, 1.54) is 21.3 Å². The van der Waals surface area contributed by atoms with Crippen LogP contribution < -0.4 is 14.2 Å². The van der Waals surface area contributed by atoms with Gasteiger partial charge in [0.15, 0.2) is 11.5 Å². The number of nitrogens with zero attached hydrogens (tertiary/aromatic N) is 1. The second-order valence-corrected chi connectivity index (χ2v) is 7.14. The molecule has 0 unspecified atom stereocenters. The van der Waals surface area contributed by atoms with E-state index >= 15 is 0 Å². The Morgan fingerprint density at radius 1 is 1.00 bits per heavy atom. The van der Waals surface area contributed by atoms with E-state index < -0.39 is 5.60 Å². The molecule has 2 aromatic rings. The summed E-state index contributed by atoms with van der Waals surface area (Å²) < 4.78 is 21.8. The lowest BCUT2D eigenvalue weighted by Crippen LogP contribution is -2.45. The molecule has 1 fully saturated rings. The lowest BCUT2D eigenvalue weighted by Gasteiger charge is -2.38. The van der Waals surface area contributed by atoms with Crippen LogP contribution in [0.1, 0.15) is 39.1 Å². The van der Waals surface area contributed by atoms with Crippen molar-refractivity contribution in [2.45, 2.75) is 18.4 Å². The number of ether oxygens (including phenoxy) is 4. The molecule has 2 aliphatic rings. The van der Waals surface area contributed by atoms with Crippen LogP contribution in [0.2, 0.25) is 0 Å². The van der Waals surface area contributed by atoms with Crippen molar-refractivity contribution in [3.05, 3.63) is 53.1 Å². The zero-order chi connectivity index (χ0) is 20.6. The largest absolute Gasteiger partial charge is 0.493 e. The maximum absolute atomic E-state index is 13.1. The van der Waals surface area contributed by atoms with Gasteiger partial charge in [-0.3, -0.25) is 4.79 Å². The monoisotopic (exact) mass is 397 g/mol. The predicted octanol–water partition coefficient (Wildman–Crippen LogP) is 3.01. The number of benzene rings is 2. The summed E-state index contributed by atoms with van der Waals surface area (Å²) >= 11 is 0. The zero-order valence-electron chi connectivity index (χ0n) is 16.7. The second kappa shape index (κ2) is 7.31. The average molecular weight is 397 g/mol. The van der Waals surface area contributed by atoms with E-state index in [0.717, 1.165) is 5.56 Å². The molecule has 1 saturated heterocycles. The summed E-state index contributed by atoms with van der Waals surface area (Å²) in [7, 11) is 4.55. The van der Waals surface area contributed by atoms with Gasteiger partial charge in [-0.15, -0.1) is 0 Å². The van der Waals surface area contributed by atoms with Crippen LogP contribution in [-0.4, -0.2) is 51.2 Å². The third-order valence-electron chi connectivity index (χ3n) is 5.70. The number of hydrogen-bond donors (Lipinski definition) is 0. The fourth-order valence-corrected chi connectivity index (χ4v) is 4.18. The highest BCUT2D eigenvalue weighted by molar-refractivity contribution is 5.96. The number of methoxy groups -OCH3 is 3. The molecule has 0 saturated carbocycles. The number of carbonyl (C=O) groups is 2. The van der Waals surface area contributed by atoms with Gasteiger partial charge in [-0.05, 0) is 18.2 Å². The Morgan fingerprint density at radius 2 is 1.62 bits per heavy atom. The summed E-state index contributed by atoms with van der Waals surface area (Å²) in [5.41, 5.74) is 1.36. The van der Waals surface area contributed by atoms with Gasteiger partial charge in [-0.1, -0.05) is 18.2 Å². The number of fused-ring (bicyclic) bond motifs is 2. The molecule has 7 nitrogen and oxygen atoms in total. The minimum absolute atomic E-state index is 0.128. The van der Waals surface area contributed by atoms with Crippen LogP contribution in [0, 0.1) is 0 Å². The average Bonchev–Trinajstić information content (AvgIpc) is 3.04. The Balaban J connectivity index is 1.56. The first-order valence-corrected chi connectivity index (χ1v) is 9.45. The van der Waals surface area contributed by atoms with Gasteiger partial charge in [0.1, 0.15) is 5.60 Å². The van der Waals surface area contributed by atoms with E-state index in [4.69, 9.17) is 18.9 Å². The van der Waals surface area contributed by atoms with E-state index in [1.54, 1.807) is 23.1 Å². The molecule has 7 heteroatoms. The van der Waals surface area contributed by atoms with Crippen molar-refractivity contribution in [2.75, 3.05) is 34.4 Å². The molecule has 4 rings (SSSR count). The zero-order valence-corrected chi connectivity index (χ0v) is 16.7. The molecule has 0 aromatic heterocycles. The Kier molecular flexibility index (Phi) is 4.82. The molecule has 2 heterocycles. The summed E-state index contributed by atoms with van der Waals surface area (Å²) in [6, 6.07) is 10.8.